The maximum Gasteiger partial charge on any atom is 0.252 e. The van der Waals surface area contributed by atoms with Gasteiger partial charge in [-0.1, -0.05) is 41.7 Å². The molecule has 1 fully saturated rings. The van der Waals surface area contributed by atoms with Gasteiger partial charge in [-0.05, 0) is 19.4 Å². The van der Waals surface area contributed by atoms with E-state index in [1.807, 2.05) is 44.2 Å². The lowest BCUT2D eigenvalue weighted by atomic mass is 9.96. The number of amides is 2. The van der Waals surface area contributed by atoms with Crippen LogP contribution in [0, 0.1) is 0 Å². The minimum absolute atomic E-state index is 0.0603. The lowest BCUT2D eigenvalue weighted by molar-refractivity contribution is -0.167. The van der Waals surface area contributed by atoms with Gasteiger partial charge >= 0.3 is 0 Å². The standard InChI is InChI=1S/C17H21N5O3S/c1-10(2)22-13(23)9-25-15(14(22)11-6-4-3-5-7-11)16(24)19-8-12-20-21-17(18)26-12/h3-7,10,14-15H,8-9H2,1-2H3,(H2,18,21)(H,19,24)/t14-,15+/m1/s1. The highest BCUT2D eigenvalue weighted by molar-refractivity contribution is 7.15. The van der Waals surface area contributed by atoms with Crippen LogP contribution in [0.4, 0.5) is 5.13 Å². The molecule has 0 aliphatic carbocycles. The van der Waals surface area contributed by atoms with Crippen LogP contribution >= 0.6 is 11.3 Å². The number of aromatic nitrogens is 2. The van der Waals surface area contributed by atoms with E-state index >= 15 is 0 Å². The third-order valence-electron chi connectivity index (χ3n) is 4.11. The number of carbonyl (C=O) groups excluding carboxylic acids is 2. The fourth-order valence-electron chi connectivity index (χ4n) is 3.04. The SMILES string of the molecule is CC(C)N1C(=O)CO[C@H](C(=O)NCc2nnc(N)s2)[C@H]1c1ccccc1. The molecule has 0 unspecified atom stereocenters. The monoisotopic (exact) mass is 375 g/mol. The Morgan fingerprint density at radius 3 is 2.73 bits per heavy atom. The first kappa shape index (κ1) is 18.3. The smallest absolute Gasteiger partial charge is 0.252 e. The first-order valence-electron chi connectivity index (χ1n) is 8.30. The zero-order chi connectivity index (χ0) is 18.7. The van der Waals surface area contributed by atoms with Crippen LogP contribution in [0.3, 0.4) is 0 Å². The molecule has 0 radical (unpaired) electrons. The summed E-state index contributed by atoms with van der Waals surface area (Å²) in [5.41, 5.74) is 6.41. The lowest BCUT2D eigenvalue weighted by Gasteiger charge is -2.42. The first-order chi connectivity index (χ1) is 12.5. The summed E-state index contributed by atoms with van der Waals surface area (Å²) in [7, 11) is 0. The zero-order valence-electron chi connectivity index (χ0n) is 14.6. The third-order valence-corrected chi connectivity index (χ3v) is 4.87. The molecule has 0 saturated carbocycles. The molecule has 2 atom stereocenters. The molecular formula is C17H21N5O3S. The molecule has 0 spiro atoms. The van der Waals surface area contributed by atoms with Crippen molar-refractivity contribution in [2.45, 2.75) is 38.6 Å². The van der Waals surface area contributed by atoms with E-state index in [9.17, 15) is 9.59 Å². The first-order valence-corrected chi connectivity index (χ1v) is 9.12. The van der Waals surface area contributed by atoms with Gasteiger partial charge in [-0.25, -0.2) is 0 Å². The van der Waals surface area contributed by atoms with E-state index in [1.165, 1.54) is 11.3 Å². The van der Waals surface area contributed by atoms with Gasteiger partial charge in [0, 0.05) is 6.04 Å². The molecule has 138 valence electrons. The van der Waals surface area contributed by atoms with Crippen molar-refractivity contribution in [3.63, 3.8) is 0 Å². The second kappa shape index (κ2) is 7.79. The number of nitrogen functional groups attached to an aromatic ring is 1. The Bertz CT molecular complexity index is 780. The highest BCUT2D eigenvalue weighted by Gasteiger charge is 2.42. The van der Waals surface area contributed by atoms with E-state index in [1.54, 1.807) is 4.90 Å². The van der Waals surface area contributed by atoms with Gasteiger partial charge in [-0.3, -0.25) is 9.59 Å². The van der Waals surface area contributed by atoms with Crippen LogP contribution in [-0.4, -0.2) is 45.7 Å². The fraction of sp³-hybridized carbons (Fsp3) is 0.412. The van der Waals surface area contributed by atoms with Crippen molar-refractivity contribution in [1.82, 2.24) is 20.4 Å². The van der Waals surface area contributed by atoms with Crippen LogP contribution in [0.1, 0.15) is 30.5 Å². The summed E-state index contributed by atoms with van der Waals surface area (Å²) in [6, 6.07) is 8.90. The number of nitrogens with one attached hydrogen (secondary N) is 1. The van der Waals surface area contributed by atoms with Crippen molar-refractivity contribution < 1.29 is 14.3 Å². The predicted molar refractivity (Wildman–Crippen MR) is 97.1 cm³/mol. The predicted octanol–water partition coefficient (Wildman–Crippen LogP) is 1.11. The average Bonchev–Trinajstić information content (AvgIpc) is 3.05. The molecule has 1 saturated heterocycles. The van der Waals surface area contributed by atoms with Gasteiger partial charge in [0.15, 0.2) is 6.10 Å². The Kier molecular flexibility index (Phi) is 5.48. The minimum Gasteiger partial charge on any atom is -0.374 e. The van der Waals surface area contributed by atoms with Gasteiger partial charge in [-0.15, -0.1) is 10.2 Å². The van der Waals surface area contributed by atoms with E-state index in [0.29, 0.717) is 10.1 Å². The third kappa shape index (κ3) is 3.83. The number of rotatable bonds is 5. The van der Waals surface area contributed by atoms with Crippen molar-refractivity contribution in [2.75, 3.05) is 12.3 Å². The van der Waals surface area contributed by atoms with Crippen LogP contribution in [-0.2, 0) is 20.9 Å². The molecule has 0 bridgehead atoms. The molecule has 2 heterocycles. The van der Waals surface area contributed by atoms with E-state index in [-0.39, 0.29) is 31.0 Å². The molecule has 3 rings (SSSR count). The van der Waals surface area contributed by atoms with Gasteiger partial charge in [0.1, 0.15) is 11.6 Å². The van der Waals surface area contributed by atoms with E-state index < -0.39 is 12.1 Å². The molecular weight excluding hydrogens is 354 g/mol. The van der Waals surface area contributed by atoms with Crippen molar-refractivity contribution >= 4 is 28.3 Å². The number of morpholine rings is 1. The topological polar surface area (TPSA) is 110 Å². The summed E-state index contributed by atoms with van der Waals surface area (Å²) in [4.78, 5) is 26.9. The van der Waals surface area contributed by atoms with Crippen LogP contribution in [0.15, 0.2) is 30.3 Å². The van der Waals surface area contributed by atoms with Gasteiger partial charge < -0.3 is 20.7 Å². The summed E-state index contributed by atoms with van der Waals surface area (Å²) in [6.07, 6.45) is -0.803. The van der Waals surface area contributed by atoms with E-state index in [2.05, 4.69) is 15.5 Å². The van der Waals surface area contributed by atoms with Gasteiger partial charge in [0.05, 0.1) is 12.6 Å². The van der Waals surface area contributed by atoms with Crippen LogP contribution in [0.25, 0.3) is 0 Å². The lowest BCUT2D eigenvalue weighted by Crippen LogP contribution is -2.56. The normalized spacial score (nSPS) is 20.4. The molecule has 9 heteroatoms. The quantitative estimate of drug-likeness (QED) is 0.810. The summed E-state index contributed by atoms with van der Waals surface area (Å²) >= 11 is 1.21. The Morgan fingerprint density at radius 1 is 1.38 bits per heavy atom. The molecule has 3 N–H and O–H groups in total. The number of hydrogen-bond acceptors (Lipinski definition) is 7. The van der Waals surface area contributed by atoms with Crippen molar-refractivity contribution in [1.29, 1.82) is 0 Å². The molecule has 1 aromatic carbocycles. The van der Waals surface area contributed by atoms with Gasteiger partial charge in [-0.2, -0.15) is 0 Å². The summed E-state index contributed by atoms with van der Waals surface area (Å²) in [6.45, 7) is 3.95. The van der Waals surface area contributed by atoms with Crippen molar-refractivity contribution in [2.24, 2.45) is 0 Å². The van der Waals surface area contributed by atoms with Crippen molar-refractivity contribution in [3.05, 3.63) is 40.9 Å². The number of carbonyl (C=O) groups is 2. The maximum absolute atomic E-state index is 12.8. The molecule has 1 aromatic heterocycles. The van der Waals surface area contributed by atoms with Crippen LogP contribution in [0.2, 0.25) is 0 Å². The van der Waals surface area contributed by atoms with E-state index in [4.69, 9.17) is 10.5 Å². The number of benzene rings is 1. The highest BCUT2D eigenvalue weighted by Crippen LogP contribution is 2.32. The van der Waals surface area contributed by atoms with Crippen molar-refractivity contribution in [3.8, 4) is 0 Å². The average molecular weight is 375 g/mol. The molecule has 1 aliphatic heterocycles. The largest absolute Gasteiger partial charge is 0.374 e. The highest BCUT2D eigenvalue weighted by atomic mass is 32.1. The molecule has 8 nitrogen and oxygen atoms in total. The Balaban J connectivity index is 1.82. The number of anilines is 1. The fourth-order valence-corrected chi connectivity index (χ4v) is 3.59. The van der Waals surface area contributed by atoms with Crippen LogP contribution in [0.5, 0.6) is 0 Å². The second-order valence-corrected chi connectivity index (χ2v) is 7.33. The summed E-state index contributed by atoms with van der Waals surface area (Å²) in [5.74, 6) is -0.430. The molecule has 2 aromatic rings. The number of nitrogens with zero attached hydrogens (tertiary/aromatic N) is 3. The summed E-state index contributed by atoms with van der Waals surface area (Å²) in [5, 5.41) is 11.4. The molecule has 2 amide bonds. The Morgan fingerprint density at radius 2 is 2.12 bits per heavy atom. The maximum atomic E-state index is 12.8. The number of nitrogens with two attached hydrogens (primary N) is 1. The Labute approximate surface area is 155 Å². The van der Waals surface area contributed by atoms with Crippen LogP contribution < -0.4 is 11.1 Å². The number of hydrogen-bond donors (Lipinski definition) is 2. The summed E-state index contributed by atoms with van der Waals surface area (Å²) < 4.78 is 5.63. The second-order valence-electron chi connectivity index (χ2n) is 6.23. The van der Waals surface area contributed by atoms with E-state index in [0.717, 1.165) is 5.56 Å². The Hall–Kier alpha value is -2.52. The van der Waals surface area contributed by atoms with Gasteiger partial charge in [0.2, 0.25) is 11.0 Å². The molecule has 26 heavy (non-hydrogen) atoms. The van der Waals surface area contributed by atoms with Gasteiger partial charge in [0.25, 0.3) is 5.91 Å². The molecule has 1 aliphatic rings. The number of ether oxygens (including phenoxy) is 1. The zero-order valence-corrected chi connectivity index (χ0v) is 15.4. The minimum atomic E-state index is -0.803.